The number of amides is 2. The number of pyridine rings is 1. The maximum absolute atomic E-state index is 12.6. The van der Waals surface area contributed by atoms with Crippen molar-refractivity contribution in [3.63, 3.8) is 0 Å². The first kappa shape index (κ1) is 13.9. The summed E-state index contributed by atoms with van der Waals surface area (Å²) in [5, 5.41) is 8.98. The van der Waals surface area contributed by atoms with Gasteiger partial charge in [-0.05, 0) is 36.8 Å². The fraction of sp³-hybridized carbons (Fsp3) is 0.533. The van der Waals surface area contributed by atoms with Crippen LogP contribution in [0.15, 0.2) is 24.4 Å². The molecule has 1 aliphatic carbocycles. The van der Waals surface area contributed by atoms with Crippen molar-refractivity contribution in [3.8, 4) is 0 Å². The van der Waals surface area contributed by atoms with Crippen molar-refractivity contribution in [2.45, 2.75) is 19.3 Å². The Morgan fingerprint density at radius 2 is 2.10 bits per heavy atom. The van der Waals surface area contributed by atoms with Gasteiger partial charge in [0, 0.05) is 32.3 Å². The third kappa shape index (κ3) is 2.46. The molecule has 2 amide bonds. The first-order chi connectivity index (χ1) is 10.0. The Morgan fingerprint density at radius 1 is 1.38 bits per heavy atom. The number of anilines is 1. The third-order valence-electron chi connectivity index (χ3n) is 4.84. The smallest absolute Gasteiger partial charge is 0.407 e. The SMILES string of the molecule is CN(C(=O)C1CC12CCN(C(=O)O)CC2)c1ccccn1. The topological polar surface area (TPSA) is 73.7 Å². The van der Waals surface area contributed by atoms with Crippen LogP contribution in [-0.4, -0.2) is 47.1 Å². The highest BCUT2D eigenvalue weighted by atomic mass is 16.4. The molecule has 0 radical (unpaired) electrons. The van der Waals surface area contributed by atoms with Crippen molar-refractivity contribution < 1.29 is 14.7 Å². The zero-order valence-electron chi connectivity index (χ0n) is 12.0. The molecule has 2 heterocycles. The van der Waals surface area contributed by atoms with E-state index in [1.165, 1.54) is 4.90 Å². The number of hydrogen-bond donors (Lipinski definition) is 1. The Bertz CT molecular complexity index is 553. The van der Waals surface area contributed by atoms with E-state index in [4.69, 9.17) is 5.11 Å². The Hall–Kier alpha value is -2.11. The van der Waals surface area contributed by atoms with E-state index in [1.807, 2.05) is 18.2 Å². The van der Waals surface area contributed by atoms with Crippen molar-refractivity contribution in [3.05, 3.63) is 24.4 Å². The van der Waals surface area contributed by atoms with E-state index in [1.54, 1.807) is 18.1 Å². The Kier molecular flexibility index (Phi) is 3.31. The van der Waals surface area contributed by atoms with Gasteiger partial charge in [-0.15, -0.1) is 0 Å². The highest BCUT2D eigenvalue weighted by molar-refractivity contribution is 5.96. The summed E-state index contributed by atoms with van der Waals surface area (Å²) in [4.78, 5) is 30.7. The van der Waals surface area contributed by atoms with Gasteiger partial charge in [0.2, 0.25) is 5.91 Å². The van der Waals surface area contributed by atoms with Crippen molar-refractivity contribution in [2.24, 2.45) is 11.3 Å². The molecule has 1 unspecified atom stereocenters. The number of rotatable bonds is 2. The van der Waals surface area contributed by atoms with Crippen molar-refractivity contribution in [2.75, 3.05) is 25.0 Å². The Labute approximate surface area is 123 Å². The summed E-state index contributed by atoms with van der Waals surface area (Å²) in [6, 6.07) is 5.50. The fourth-order valence-electron chi connectivity index (χ4n) is 3.29. The van der Waals surface area contributed by atoms with Crippen molar-refractivity contribution >= 4 is 17.8 Å². The van der Waals surface area contributed by atoms with E-state index >= 15 is 0 Å². The average molecular weight is 289 g/mol. The highest BCUT2D eigenvalue weighted by Crippen LogP contribution is 2.60. The van der Waals surface area contributed by atoms with Gasteiger partial charge in [0.15, 0.2) is 0 Å². The van der Waals surface area contributed by atoms with Gasteiger partial charge in [0.25, 0.3) is 0 Å². The van der Waals surface area contributed by atoms with E-state index in [9.17, 15) is 9.59 Å². The molecule has 2 fully saturated rings. The summed E-state index contributed by atoms with van der Waals surface area (Å²) in [6.07, 6.45) is 3.25. The van der Waals surface area contributed by atoms with Crippen LogP contribution in [0, 0.1) is 11.3 Å². The number of aromatic nitrogens is 1. The first-order valence-corrected chi connectivity index (χ1v) is 7.20. The minimum absolute atomic E-state index is 0.0143. The molecule has 1 saturated heterocycles. The molecular formula is C15H19N3O3. The summed E-state index contributed by atoms with van der Waals surface area (Å²) in [5.41, 5.74) is 0.0199. The standard InChI is InChI=1S/C15H19N3O3/c1-17(12-4-2-3-7-16-12)13(19)11-10-15(11)5-8-18(9-6-15)14(20)21/h2-4,7,11H,5-6,8-10H2,1H3,(H,20,21). The Balaban J connectivity index is 1.63. The predicted octanol–water partition coefficient (Wildman–Crippen LogP) is 1.82. The van der Waals surface area contributed by atoms with E-state index in [2.05, 4.69) is 4.98 Å². The number of hydrogen-bond acceptors (Lipinski definition) is 3. The molecule has 1 atom stereocenters. The van der Waals surface area contributed by atoms with Gasteiger partial charge in [0.05, 0.1) is 0 Å². The van der Waals surface area contributed by atoms with Crippen molar-refractivity contribution in [1.82, 2.24) is 9.88 Å². The van der Waals surface area contributed by atoms with Crippen LogP contribution in [0.25, 0.3) is 0 Å². The van der Waals surface area contributed by atoms with Gasteiger partial charge >= 0.3 is 6.09 Å². The number of piperidine rings is 1. The monoisotopic (exact) mass is 289 g/mol. The molecule has 112 valence electrons. The fourth-order valence-corrected chi connectivity index (χ4v) is 3.29. The molecule has 2 aliphatic rings. The summed E-state index contributed by atoms with van der Waals surface area (Å²) < 4.78 is 0. The molecule has 0 bridgehead atoms. The number of carbonyl (C=O) groups excluding carboxylic acids is 1. The lowest BCUT2D eigenvalue weighted by molar-refractivity contribution is -0.120. The summed E-state index contributed by atoms with van der Waals surface area (Å²) in [7, 11) is 1.75. The summed E-state index contributed by atoms with van der Waals surface area (Å²) >= 11 is 0. The molecule has 1 spiro atoms. The zero-order chi connectivity index (χ0) is 15.0. The molecule has 1 aliphatic heterocycles. The maximum Gasteiger partial charge on any atom is 0.407 e. The predicted molar refractivity (Wildman–Crippen MR) is 77.0 cm³/mol. The van der Waals surface area contributed by atoms with Gasteiger partial charge in [-0.3, -0.25) is 9.69 Å². The average Bonchev–Trinajstić information content (AvgIpc) is 3.20. The maximum atomic E-state index is 12.6. The normalized spacial score (nSPS) is 22.9. The van der Waals surface area contributed by atoms with Crippen molar-refractivity contribution in [1.29, 1.82) is 0 Å². The van der Waals surface area contributed by atoms with E-state index in [0.717, 1.165) is 19.3 Å². The van der Waals surface area contributed by atoms with Gasteiger partial charge < -0.3 is 10.0 Å². The lowest BCUT2D eigenvalue weighted by Gasteiger charge is -2.31. The molecule has 6 heteroatoms. The number of carboxylic acid groups (broad SMARTS) is 1. The first-order valence-electron chi connectivity index (χ1n) is 7.20. The van der Waals surface area contributed by atoms with Crippen LogP contribution in [0.4, 0.5) is 10.6 Å². The van der Waals surface area contributed by atoms with Gasteiger partial charge in [-0.2, -0.15) is 0 Å². The minimum Gasteiger partial charge on any atom is -0.465 e. The second kappa shape index (κ2) is 5.02. The molecule has 1 aromatic rings. The van der Waals surface area contributed by atoms with Crippen LogP contribution in [0.2, 0.25) is 0 Å². The van der Waals surface area contributed by atoms with Crippen LogP contribution in [0.5, 0.6) is 0 Å². The lowest BCUT2D eigenvalue weighted by atomic mass is 9.90. The van der Waals surface area contributed by atoms with Crippen LogP contribution >= 0.6 is 0 Å². The third-order valence-corrected chi connectivity index (χ3v) is 4.84. The Morgan fingerprint density at radius 3 is 2.67 bits per heavy atom. The zero-order valence-corrected chi connectivity index (χ0v) is 12.0. The van der Waals surface area contributed by atoms with Crippen LogP contribution in [-0.2, 0) is 4.79 Å². The van der Waals surface area contributed by atoms with Crippen LogP contribution < -0.4 is 4.90 Å². The molecule has 21 heavy (non-hydrogen) atoms. The van der Waals surface area contributed by atoms with Gasteiger partial charge in [-0.25, -0.2) is 9.78 Å². The van der Waals surface area contributed by atoms with Gasteiger partial charge in [-0.1, -0.05) is 6.07 Å². The van der Waals surface area contributed by atoms with E-state index in [0.29, 0.717) is 18.9 Å². The minimum atomic E-state index is -0.862. The van der Waals surface area contributed by atoms with E-state index < -0.39 is 6.09 Å². The molecule has 6 nitrogen and oxygen atoms in total. The molecule has 1 saturated carbocycles. The summed E-state index contributed by atoms with van der Waals surface area (Å²) in [6.45, 7) is 1.07. The number of nitrogens with zero attached hydrogens (tertiary/aromatic N) is 3. The molecular weight excluding hydrogens is 270 g/mol. The largest absolute Gasteiger partial charge is 0.465 e. The van der Waals surface area contributed by atoms with Crippen LogP contribution in [0.3, 0.4) is 0 Å². The quantitative estimate of drug-likeness (QED) is 0.901. The second-order valence-electron chi connectivity index (χ2n) is 5.97. The molecule has 1 N–H and O–H groups in total. The molecule has 0 aromatic carbocycles. The molecule has 3 rings (SSSR count). The highest BCUT2D eigenvalue weighted by Gasteiger charge is 2.59. The number of carbonyl (C=O) groups is 2. The second-order valence-corrected chi connectivity index (χ2v) is 5.97. The number of likely N-dealkylation sites (tertiary alicyclic amines) is 1. The van der Waals surface area contributed by atoms with Gasteiger partial charge in [0.1, 0.15) is 5.82 Å². The van der Waals surface area contributed by atoms with E-state index in [-0.39, 0.29) is 17.2 Å². The molecule has 1 aromatic heterocycles. The van der Waals surface area contributed by atoms with Crippen LogP contribution in [0.1, 0.15) is 19.3 Å². The summed E-state index contributed by atoms with van der Waals surface area (Å²) in [5.74, 6) is 0.769. The lowest BCUT2D eigenvalue weighted by Crippen LogP contribution is -2.40.